The van der Waals surface area contributed by atoms with Crippen LogP contribution in [-0.2, 0) is 16.2 Å². The molecule has 1 heterocycles. The van der Waals surface area contributed by atoms with E-state index >= 15 is 0 Å². The van der Waals surface area contributed by atoms with Gasteiger partial charge in [-0.1, -0.05) is 35.9 Å². The fourth-order valence-electron chi connectivity index (χ4n) is 3.44. The highest BCUT2D eigenvalue weighted by Gasteiger charge is 2.36. The second kappa shape index (κ2) is 11.0. The topological polar surface area (TPSA) is 75.7 Å². The third-order valence-electron chi connectivity index (χ3n) is 5.59. The van der Waals surface area contributed by atoms with E-state index < -0.39 is 22.9 Å². The molecule has 1 saturated heterocycles. The molecule has 3 aromatic rings. The van der Waals surface area contributed by atoms with E-state index in [2.05, 4.69) is 5.32 Å². The Bertz CT molecular complexity index is 1350. The number of rotatable bonds is 7. The number of benzene rings is 3. The number of nitrogens with zero attached hydrogens (tertiary/aromatic N) is 1. The number of hydrogen-bond acceptors (Lipinski definition) is 5. The van der Waals surface area contributed by atoms with Crippen LogP contribution in [0.15, 0.2) is 65.6 Å². The Hall–Kier alpha value is -3.62. The summed E-state index contributed by atoms with van der Waals surface area (Å²) in [5.74, 6) is -0.951. The van der Waals surface area contributed by atoms with Gasteiger partial charge >= 0.3 is 0 Å². The van der Waals surface area contributed by atoms with Crippen molar-refractivity contribution >= 4 is 52.2 Å². The molecule has 0 aliphatic carbocycles. The number of thioether (sulfide) groups is 1. The van der Waals surface area contributed by atoms with E-state index in [1.54, 1.807) is 42.5 Å². The summed E-state index contributed by atoms with van der Waals surface area (Å²) in [7, 11) is 0. The zero-order chi connectivity index (χ0) is 25.8. The maximum atomic E-state index is 13.9. The van der Waals surface area contributed by atoms with Crippen LogP contribution in [0, 0.1) is 19.7 Å². The third kappa shape index (κ3) is 5.95. The van der Waals surface area contributed by atoms with Crippen molar-refractivity contribution in [2.24, 2.45) is 0 Å². The van der Waals surface area contributed by atoms with Crippen molar-refractivity contribution in [3.8, 4) is 5.75 Å². The Labute approximate surface area is 217 Å². The normalized spacial score (nSPS) is 14.4. The SMILES string of the molecule is Cc1ccc(NC(=O)CN2C(=O)S/C(=C\c3ccc(OCc4c(F)cccc4Cl)cc3)C2=O)cc1C. The average molecular weight is 525 g/mol. The van der Waals surface area contributed by atoms with Crippen molar-refractivity contribution < 1.29 is 23.5 Å². The highest BCUT2D eigenvalue weighted by Crippen LogP contribution is 2.32. The van der Waals surface area contributed by atoms with Crippen LogP contribution in [0.3, 0.4) is 0 Å². The number of hydrogen-bond donors (Lipinski definition) is 1. The summed E-state index contributed by atoms with van der Waals surface area (Å²) in [6.07, 6.45) is 1.57. The zero-order valence-electron chi connectivity index (χ0n) is 19.5. The van der Waals surface area contributed by atoms with E-state index in [1.165, 1.54) is 12.1 Å². The maximum absolute atomic E-state index is 13.9. The van der Waals surface area contributed by atoms with Crippen molar-refractivity contribution in [1.29, 1.82) is 0 Å². The molecule has 1 aliphatic heterocycles. The molecule has 0 radical (unpaired) electrons. The summed E-state index contributed by atoms with van der Waals surface area (Å²) in [5, 5.41) is 2.49. The van der Waals surface area contributed by atoms with Gasteiger partial charge in [-0.05, 0) is 84.8 Å². The first-order chi connectivity index (χ1) is 17.2. The molecule has 0 spiro atoms. The van der Waals surface area contributed by atoms with Crippen LogP contribution in [-0.4, -0.2) is 28.5 Å². The molecule has 3 amide bonds. The minimum atomic E-state index is -0.533. The standard InChI is InChI=1S/C27H22ClFN2O4S/c1-16-6-9-19(12-17(16)2)30-25(32)14-31-26(33)24(36-27(31)34)13-18-7-10-20(11-8-18)35-15-21-22(28)4-3-5-23(21)29/h3-13H,14-15H2,1-2H3,(H,30,32)/b24-13-. The molecule has 0 saturated carbocycles. The van der Waals surface area contributed by atoms with Gasteiger partial charge in [0.15, 0.2) is 0 Å². The molecule has 6 nitrogen and oxygen atoms in total. The number of nitrogens with one attached hydrogen (secondary N) is 1. The number of carbonyl (C=O) groups is 3. The predicted octanol–water partition coefficient (Wildman–Crippen LogP) is 6.35. The molecule has 0 bridgehead atoms. The molecule has 4 rings (SSSR count). The molecule has 0 atom stereocenters. The van der Waals surface area contributed by atoms with E-state index in [4.69, 9.17) is 16.3 Å². The Balaban J connectivity index is 1.37. The molecule has 1 aliphatic rings. The van der Waals surface area contributed by atoms with Gasteiger partial charge in [0.05, 0.1) is 9.93 Å². The van der Waals surface area contributed by atoms with Gasteiger partial charge in [0.1, 0.15) is 24.7 Å². The molecule has 0 aromatic heterocycles. The van der Waals surface area contributed by atoms with E-state index in [-0.39, 0.29) is 28.6 Å². The number of amides is 3. The highest BCUT2D eigenvalue weighted by atomic mass is 35.5. The minimum absolute atomic E-state index is 0.0338. The molecular weight excluding hydrogens is 503 g/mol. The molecule has 1 N–H and O–H groups in total. The lowest BCUT2D eigenvalue weighted by Gasteiger charge is -2.13. The van der Waals surface area contributed by atoms with Crippen LogP contribution in [0.2, 0.25) is 5.02 Å². The Morgan fingerprint density at radius 2 is 1.83 bits per heavy atom. The Kier molecular flexibility index (Phi) is 7.76. The lowest BCUT2D eigenvalue weighted by molar-refractivity contribution is -0.127. The van der Waals surface area contributed by atoms with Crippen LogP contribution in [0.4, 0.5) is 14.9 Å². The zero-order valence-corrected chi connectivity index (χ0v) is 21.1. The smallest absolute Gasteiger partial charge is 0.294 e. The second-order valence-electron chi connectivity index (χ2n) is 8.17. The fraction of sp³-hybridized carbons (Fsp3) is 0.148. The first-order valence-corrected chi connectivity index (χ1v) is 12.2. The average Bonchev–Trinajstić information content (AvgIpc) is 3.09. The quantitative estimate of drug-likeness (QED) is 0.364. The molecule has 9 heteroatoms. The monoisotopic (exact) mass is 524 g/mol. The molecule has 0 unspecified atom stereocenters. The lowest BCUT2D eigenvalue weighted by atomic mass is 10.1. The van der Waals surface area contributed by atoms with Crippen molar-refractivity contribution in [2.75, 3.05) is 11.9 Å². The molecule has 36 heavy (non-hydrogen) atoms. The third-order valence-corrected chi connectivity index (χ3v) is 6.85. The van der Waals surface area contributed by atoms with Gasteiger partial charge in [0, 0.05) is 11.3 Å². The van der Waals surface area contributed by atoms with E-state index in [0.29, 0.717) is 17.0 Å². The van der Waals surface area contributed by atoms with Crippen LogP contribution in [0.1, 0.15) is 22.3 Å². The number of imide groups is 1. The van der Waals surface area contributed by atoms with Gasteiger partial charge in [-0.25, -0.2) is 4.39 Å². The number of aryl methyl sites for hydroxylation is 2. The number of anilines is 1. The molecular formula is C27H22ClFN2O4S. The summed E-state index contributed by atoms with van der Waals surface area (Å²) < 4.78 is 19.5. The predicted molar refractivity (Wildman–Crippen MR) is 139 cm³/mol. The summed E-state index contributed by atoms with van der Waals surface area (Å²) in [4.78, 5) is 38.7. The summed E-state index contributed by atoms with van der Waals surface area (Å²) >= 11 is 6.79. The molecule has 3 aromatic carbocycles. The molecule has 184 valence electrons. The minimum Gasteiger partial charge on any atom is -0.489 e. The fourth-order valence-corrected chi connectivity index (χ4v) is 4.49. The van der Waals surface area contributed by atoms with Crippen molar-refractivity contribution in [2.45, 2.75) is 20.5 Å². The summed E-state index contributed by atoms with van der Waals surface area (Å²) in [6.45, 7) is 3.49. The van der Waals surface area contributed by atoms with Crippen LogP contribution >= 0.6 is 23.4 Å². The van der Waals surface area contributed by atoms with Gasteiger partial charge in [-0.2, -0.15) is 0 Å². The second-order valence-corrected chi connectivity index (χ2v) is 9.57. The van der Waals surface area contributed by atoms with Gasteiger partial charge < -0.3 is 10.1 Å². The van der Waals surface area contributed by atoms with Gasteiger partial charge in [0.2, 0.25) is 5.91 Å². The number of ether oxygens (including phenoxy) is 1. The van der Waals surface area contributed by atoms with Crippen molar-refractivity contribution in [3.63, 3.8) is 0 Å². The van der Waals surface area contributed by atoms with E-state index in [9.17, 15) is 18.8 Å². The van der Waals surface area contributed by atoms with E-state index in [0.717, 1.165) is 27.8 Å². The van der Waals surface area contributed by atoms with Gasteiger partial charge in [0.25, 0.3) is 11.1 Å². The highest BCUT2D eigenvalue weighted by molar-refractivity contribution is 8.18. The first-order valence-electron chi connectivity index (χ1n) is 11.0. The summed E-state index contributed by atoms with van der Waals surface area (Å²) in [6, 6.07) is 16.7. The summed E-state index contributed by atoms with van der Waals surface area (Å²) in [5.41, 5.74) is 3.65. The van der Waals surface area contributed by atoms with Crippen LogP contribution in [0.5, 0.6) is 5.75 Å². The van der Waals surface area contributed by atoms with Crippen molar-refractivity contribution in [1.82, 2.24) is 4.90 Å². The van der Waals surface area contributed by atoms with Gasteiger partial charge in [-0.3, -0.25) is 19.3 Å². The maximum Gasteiger partial charge on any atom is 0.294 e. The number of halogens is 2. The lowest BCUT2D eigenvalue weighted by Crippen LogP contribution is -2.36. The van der Waals surface area contributed by atoms with Gasteiger partial charge in [-0.15, -0.1) is 0 Å². The Morgan fingerprint density at radius 1 is 1.08 bits per heavy atom. The number of carbonyl (C=O) groups excluding carboxylic acids is 3. The largest absolute Gasteiger partial charge is 0.489 e. The van der Waals surface area contributed by atoms with Crippen molar-refractivity contribution in [3.05, 3.63) is 98.7 Å². The van der Waals surface area contributed by atoms with Crippen LogP contribution < -0.4 is 10.1 Å². The first kappa shape index (κ1) is 25.5. The molecule has 1 fully saturated rings. The van der Waals surface area contributed by atoms with Crippen LogP contribution in [0.25, 0.3) is 6.08 Å². The Morgan fingerprint density at radius 3 is 2.53 bits per heavy atom. The van der Waals surface area contributed by atoms with E-state index in [1.807, 2.05) is 26.0 Å².